The molecule has 17 heavy (non-hydrogen) atoms. The van der Waals surface area contributed by atoms with Gasteiger partial charge in [-0.1, -0.05) is 0 Å². The van der Waals surface area contributed by atoms with Crippen LogP contribution in [0.25, 0.3) is 0 Å². The third-order valence-corrected chi connectivity index (χ3v) is 3.61. The summed E-state index contributed by atoms with van der Waals surface area (Å²) in [6.07, 6.45) is 4.08. The molecule has 0 aliphatic carbocycles. The Balaban J connectivity index is 2.02. The van der Waals surface area contributed by atoms with Gasteiger partial charge in [0.05, 0.1) is 4.47 Å². The Morgan fingerprint density at radius 2 is 2.12 bits per heavy atom. The van der Waals surface area contributed by atoms with Gasteiger partial charge in [0.15, 0.2) is 0 Å². The van der Waals surface area contributed by atoms with Gasteiger partial charge in [0.25, 0.3) is 0 Å². The SMILES string of the molecule is CNc1ncc(Br)c(NC2CCN(C)CC2)n1. The van der Waals surface area contributed by atoms with Gasteiger partial charge in [-0.2, -0.15) is 4.98 Å². The number of likely N-dealkylation sites (tertiary alicyclic amines) is 1. The Morgan fingerprint density at radius 3 is 2.76 bits per heavy atom. The summed E-state index contributed by atoms with van der Waals surface area (Å²) in [6, 6.07) is 0.502. The van der Waals surface area contributed by atoms with Crippen LogP contribution in [0.2, 0.25) is 0 Å². The molecule has 2 N–H and O–H groups in total. The van der Waals surface area contributed by atoms with Crippen LogP contribution >= 0.6 is 15.9 Å². The van der Waals surface area contributed by atoms with E-state index in [1.165, 1.54) is 0 Å². The van der Waals surface area contributed by atoms with Crippen molar-refractivity contribution in [3.63, 3.8) is 0 Å². The number of aromatic nitrogens is 2. The smallest absolute Gasteiger partial charge is 0.224 e. The Labute approximate surface area is 110 Å². The molecular weight excluding hydrogens is 282 g/mol. The number of hydrogen-bond acceptors (Lipinski definition) is 5. The summed E-state index contributed by atoms with van der Waals surface area (Å²) in [5.41, 5.74) is 0. The summed E-state index contributed by atoms with van der Waals surface area (Å²) < 4.78 is 0.912. The van der Waals surface area contributed by atoms with Crippen molar-refractivity contribution in [3.8, 4) is 0 Å². The van der Waals surface area contributed by atoms with Crippen molar-refractivity contribution in [1.29, 1.82) is 0 Å². The number of hydrogen-bond donors (Lipinski definition) is 2. The van der Waals surface area contributed by atoms with Gasteiger partial charge in [-0.3, -0.25) is 0 Å². The summed E-state index contributed by atoms with van der Waals surface area (Å²) >= 11 is 3.47. The molecule has 1 aliphatic rings. The molecule has 1 aromatic heterocycles. The number of nitrogens with one attached hydrogen (secondary N) is 2. The Hall–Kier alpha value is -0.880. The van der Waals surface area contributed by atoms with E-state index in [0.29, 0.717) is 12.0 Å². The van der Waals surface area contributed by atoms with Crippen LogP contribution in [0.4, 0.5) is 11.8 Å². The van der Waals surface area contributed by atoms with Crippen LogP contribution < -0.4 is 10.6 Å². The molecule has 2 rings (SSSR count). The van der Waals surface area contributed by atoms with Crippen LogP contribution in [0.15, 0.2) is 10.7 Å². The second-order valence-electron chi connectivity index (χ2n) is 4.36. The third-order valence-electron chi connectivity index (χ3n) is 3.03. The molecule has 0 amide bonds. The predicted molar refractivity (Wildman–Crippen MR) is 73.4 cm³/mol. The highest BCUT2D eigenvalue weighted by atomic mass is 79.9. The van der Waals surface area contributed by atoms with E-state index in [1.807, 2.05) is 7.05 Å². The largest absolute Gasteiger partial charge is 0.366 e. The highest BCUT2D eigenvalue weighted by Gasteiger charge is 2.17. The summed E-state index contributed by atoms with van der Waals surface area (Å²) in [6.45, 7) is 2.28. The second-order valence-corrected chi connectivity index (χ2v) is 5.22. The fourth-order valence-electron chi connectivity index (χ4n) is 1.94. The van der Waals surface area contributed by atoms with Crippen molar-refractivity contribution < 1.29 is 0 Å². The molecule has 5 nitrogen and oxygen atoms in total. The Kier molecular flexibility index (Phi) is 4.17. The van der Waals surface area contributed by atoms with E-state index in [2.05, 4.69) is 48.5 Å². The molecule has 1 aromatic rings. The van der Waals surface area contributed by atoms with Gasteiger partial charge in [0, 0.05) is 19.3 Å². The Morgan fingerprint density at radius 1 is 1.41 bits per heavy atom. The monoisotopic (exact) mass is 299 g/mol. The standard InChI is InChI=1S/C11H18BrN5/c1-13-11-14-7-9(12)10(16-11)15-8-3-5-17(2)6-4-8/h7-8H,3-6H2,1-2H3,(H2,13,14,15,16). The molecule has 0 radical (unpaired) electrons. The molecule has 1 fully saturated rings. The van der Waals surface area contributed by atoms with Crippen molar-refractivity contribution in [2.45, 2.75) is 18.9 Å². The number of piperidine rings is 1. The molecule has 0 aromatic carbocycles. The van der Waals surface area contributed by atoms with E-state index < -0.39 is 0 Å². The fraction of sp³-hybridized carbons (Fsp3) is 0.636. The lowest BCUT2D eigenvalue weighted by molar-refractivity contribution is 0.263. The van der Waals surface area contributed by atoms with Gasteiger partial charge < -0.3 is 15.5 Å². The molecule has 0 saturated carbocycles. The maximum Gasteiger partial charge on any atom is 0.224 e. The normalized spacial score (nSPS) is 18.1. The summed E-state index contributed by atoms with van der Waals surface area (Å²) in [5.74, 6) is 1.52. The first-order valence-corrected chi connectivity index (χ1v) is 6.63. The van der Waals surface area contributed by atoms with Gasteiger partial charge in [-0.05, 0) is 48.9 Å². The summed E-state index contributed by atoms with van der Waals surface area (Å²) in [5, 5.41) is 6.43. The van der Waals surface area contributed by atoms with Crippen LogP contribution in [-0.4, -0.2) is 48.1 Å². The lowest BCUT2D eigenvalue weighted by Gasteiger charge is -2.30. The molecule has 0 atom stereocenters. The fourth-order valence-corrected chi connectivity index (χ4v) is 2.24. The zero-order chi connectivity index (χ0) is 12.3. The lowest BCUT2D eigenvalue weighted by atomic mass is 10.1. The first kappa shape index (κ1) is 12.6. The number of anilines is 2. The third kappa shape index (κ3) is 3.29. The molecule has 0 spiro atoms. The first-order valence-electron chi connectivity index (χ1n) is 5.84. The van der Waals surface area contributed by atoms with Crippen molar-refractivity contribution in [2.24, 2.45) is 0 Å². The molecule has 1 aliphatic heterocycles. The quantitative estimate of drug-likeness (QED) is 0.891. The molecule has 0 unspecified atom stereocenters. The minimum Gasteiger partial charge on any atom is -0.366 e. The zero-order valence-corrected chi connectivity index (χ0v) is 11.8. The van der Waals surface area contributed by atoms with E-state index in [1.54, 1.807) is 6.20 Å². The maximum absolute atomic E-state index is 4.41. The minimum absolute atomic E-state index is 0.502. The molecule has 2 heterocycles. The van der Waals surface area contributed by atoms with E-state index in [-0.39, 0.29) is 0 Å². The molecule has 94 valence electrons. The van der Waals surface area contributed by atoms with Crippen LogP contribution in [0.5, 0.6) is 0 Å². The molecule has 0 bridgehead atoms. The van der Waals surface area contributed by atoms with Crippen LogP contribution in [0.3, 0.4) is 0 Å². The van der Waals surface area contributed by atoms with E-state index in [4.69, 9.17) is 0 Å². The first-order chi connectivity index (χ1) is 8.19. The van der Waals surface area contributed by atoms with Crippen molar-refractivity contribution in [3.05, 3.63) is 10.7 Å². The topological polar surface area (TPSA) is 53.1 Å². The van der Waals surface area contributed by atoms with Crippen LogP contribution in [0.1, 0.15) is 12.8 Å². The van der Waals surface area contributed by atoms with Gasteiger partial charge >= 0.3 is 0 Å². The highest BCUT2D eigenvalue weighted by Crippen LogP contribution is 2.23. The average Bonchev–Trinajstić information content (AvgIpc) is 2.35. The van der Waals surface area contributed by atoms with E-state index >= 15 is 0 Å². The van der Waals surface area contributed by atoms with E-state index in [9.17, 15) is 0 Å². The predicted octanol–water partition coefficient (Wildman–Crippen LogP) is 1.79. The van der Waals surface area contributed by atoms with E-state index in [0.717, 1.165) is 36.2 Å². The summed E-state index contributed by atoms with van der Waals surface area (Å²) in [4.78, 5) is 10.9. The second kappa shape index (κ2) is 5.64. The molecule has 6 heteroatoms. The van der Waals surface area contributed by atoms with Gasteiger partial charge in [-0.25, -0.2) is 4.98 Å². The minimum atomic E-state index is 0.502. The molecular formula is C11H18BrN5. The lowest BCUT2D eigenvalue weighted by Crippen LogP contribution is -2.37. The number of rotatable bonds is 3. The van der Waals surface area contributed by atoms with Crippen molar-refractivity contribution in [1.82, 2.24) is 14.9 Å². The van der Waals surface area contributed by atoms with Gasteiger partial charge in [0.1, 0.15) is 5.82 Å². The maximum atomic E-state index is 4.41. The van der Waals surface area contributed by atoms with Crippen molar-refractivity contribution >= 4 is 27.7 Å². The van der Waals surface area contributed by atoms with Crippen LogP contribution in [0, 0.1) is 0 Å². The van der Waals surface area contributed by atoms with Gasteiger partial charge in [0.2, 0.25) is 5.95 Å². The number of nitrogens with zero attached hydrogens (tertiary/aromatic N) is 3. The zero-order valence-electron chi connectivity index (χ0n) is 10.2. The van der Waals surface area contributed by atoms with Crippen molar-refractivity contribution in [2.75, 3.05) is 37.8 Å². The Bertz CT molecular complexity index is 376. The van der Waals surface area contributed by atoms with Crippen LogP contribution in [-0.2, 0) is 0 Å². The summed E-state index contributed by atoms with van der Waals surface area (Å²) in [7, 11) is 3.98. The highest BCUT2D eigenvalue weighted by molar-refractivity contribution is 9.10. The average molecular weight is 300 g/mol. The number of halogens is 1. The van der Waals surface area contributed by atoms with Gasteiger partial charge in [-0.15, -0.1) is 0 Å². The molecule has 1 saturated heterocycles.